The molecular weight excluding hydrogens is 296 g/mol. The molecule has 0 aliphatic carbocycles. The molecule has 6 heteroatoms. The summed E-state index contributed by atoms with van der Waals surface area (Å²) in [4.78, 5) is 14.9. The number of halogens is 3. The van der Waals surface area contributed by atoms with Crippen LogP contribution in [-0.4, -0.2) is 16.1 Å². The summed E-state index contributed by atoms with van der Waals surface area (Å²) in [6.45, 7) is 0. The summed E-state index contributed by atoms with van der Waals surface area (Å²) >= 11 is 11.8. The first-order valence-corrected chi connectivity index (χ1v) is 5.48. The second-order valence-electron chi connectivity index (χ2n) is 3.36. The minimum absolute atomic E-state index is 0. The zero-order valence-corrected chi connectivity index (χ0v) is 11.3. The summed E-state index contributed by atoms with van der Waals surface area (Å²) in [5.41, 5.74) is 1.33. The van der Waals surface area contributed by atoms with Crippen LogP contribution in [0.25, 0.3) is 11.3 Å². The van der Waals surface area contributed by atoms with E-state index in [0.717, 1.165) is 0 Å². The summed E-state index contributed by atoms with van der Waals surface area (Å²) in [6, 6.07) is 7.87. The molecule has 0 saturated heterocycles. The normalized spacial score (nSPS) is 9.67. The lowest BCUT2D eigenvalue weighted by Gasteiger charge is -2.04. The van der Waals surface area contributed by atoms with Crippen LogP contribution in [-0.2, 0) is 0 Å². The number of pyridine rings is 1. The van der Waals surface area contributed by atoms with Gasteiger partial charge in [0.2, 0.25) is 0 Å². The summed E-state index contributed by atoms with van der Waals surface area (Å²) in [6.07, 6.45) is 1.43. The molecule has 1 N–H and O–H groups in total. The zero-order valence-electron chi connectivity index (χ0n) is 8.93. The van der Waals surface area contributed by atoms with Gasteiger partial charge in [-0.15, -0.1) is 12.4 Å². The molecule has 0 saturated carbocycles. The molecule has 0 unspecified atom stereocenters. The van der Waals surface area contributed by atoms with Crippen LogP contribution in [0.5, 0.6) is 0 Å². The second kappa shape index (κ2) is 6.05. The Morgan fingerprint density at radius 1 is 1.17 bits per heavy atom. The van der Waals surface area contributed by atoms with Gasteiger partial charge in [-0.25, -0.2) is 4.79 Å². The molecule has 0 aliphatic heterocycles. The van der Waals surface area contributed by atoms with Crippen LogP contribution in [0.2, 0.25) is 10.0 Å². The van der Waals surface area contributed by atoms with E-state index in [9.17, 15) is 4.79 Å². The van der Waals surface area contributed by atoms with E-state index in [4.69, 9.17) is 28.3 Å². The van der Waals surface area contributed by atoms with Crippen LogP contribution < -0.4 is 0 Å². The molecule has 0 aliphatic rings. The van der Waals surface area contributed by atoms with Gasteiger partial charge in [-0.1, -0.05) is 23.2 Å². The standard InChI is InChI=1S/C12H7Cl2NO2.ClH/c13-8-1-2-9(10(14)6-8)11-5-7(12(16)17)3-4-15-11;/h1-6H,(H,16,17);1H. The van der Waals surface area contributed by atoms with Crippen molar-refractivity contribution in [2.75, 3.05) is 0 Å². The van der Waals surface area contributed by atoms with Crippen LogP contribution in [0, 0.1) is 0 Å². The molecule has 0 spiro atoms. The van der Waals surface area contributed by atoms with Crippen molar-refractivity contribution in [3.05, 3.63) is 52.1 Å². The lowest BCUT2D eigenvalue weighted by Crippen LogP contribution is -1.97. The predicted molar refractivity (Wildman–Crippen MR) is 73.9 cm³/mol. The Morgan fingerprint density at radius 3 is 2.50 bits per heavy atom. The third-order valence-electron chi connectivity index (χ3n) is 2.21. The van der Waals surface area contributed by atoms with Crippen LogP contribution in [0.3, 0.4) is 0 Å². The highest BCUT2D eigenvalue weighted by molar-refractivity contribution is 6.36. The molecule has 0 amide bonds. The number of benzene rings is 1. The van der Waals surface area contributed by atoms with Gasteiger partial charge in [-0.2, -0.15) is 0 Å². The van der Waals surface area contributed by atoms with Gasteiger partial charge >= 0.3 is 5.97 Å². The number of aromatic carboxylic acids is 1. The molecule has 1 heterocycles. The topological polar surface area (TPSA) is 50.2 Å². The average Bonchev–Trinajstić information content (AvgIpc) is 2.29. The molecular formula is C12H8Cl3NO2. The second-order valence-corrected chi connectivity index (χ2v) is 4.20. The third-order valence-corrected chi connectivity index (χ3v) is 2.76. The van der Waals surface area contributed by atoms with Gasteiger partial charge in [0.05, 0.1) is 16.3 Å². The Bertz CT molecular complexity index is 587. The lowest BCUT2D eigenvalue weighted by molar-refractivity contribution is 0.0697. The molecule has 2 aromatic rings. The third kappa shape index (κ3) is 3.13. The van der Waals surface area contributed by atoms with Gasteiger partial charge in [0.1, 0.15) is 0 Å². The van der Waals surface area contributed by atoms with Gasteiger partial charge in [-0.3, -0.25) is 4.98 Å². The number of nitrogens with zero attached hydrogens (tertiary/aromatic N) is 1. The van der Waals surface area contributed by atoms with Crippen molar-refractivity contribution in [2.45, 2.75) is 0 Å². The first kappa shape index (κ1) is 14.8. The summed E-state index contributed by atoms with van der Waals surface area (Å²) in [5, 5.41) is 9.85. The Labute approximate surface area is 120 Å². The number of carbonyl (C=O) groups is 1. The van der Waals surface area contributed by atoms with Crippen LogP contribution >= 0.6 is 35.6 Å². The van der Waals surface area contributed by atoms with Gasteiger partial charge in [0, 0.05) is 16.8 Å². The van der Waals surface area contributed by atoms with E-state index in [1.165, 1.54) is 18.3 Å². The summed E-state index contributed by atoms with van der Waals surface area (Å²) < 4.78 is 0. The van der Waals surface area contributed by atoms with Crippen molar-refractivity contribution in [1.82, 2.24) is 4.98 Å². The van der Waals surface area contributed by atoms with Gasteiger partial charge in [0.25, 0.3) is 0 Å². The van der Waals surface area contributed by atoms with E-state index in [1.54, 1.807) is 18.2 Å². The summed E-state index contributed by atoms with van der Waals surface area (Å²) in [7, 11) is 0. The smallest absolute Gasteiger partial charge is 0.335 e. The van der Waals surface area contributed by atoms with E-state index in [-0.39, 0.29) is 18.0 Å². The van der Waals surface area contributed by atoms with Crippen molar-refractivity contribution < 1.29 is 9.90 Å². The number of carboxylic acid groups (broad SMARTS) is 1. The minimum atomic E-state index is -1.00. The SMILES string of the molecule is Cl.O=C(O)c1ccnc(-c2ccc(Cl)cc2Cl)c1. The maximum Gasteiger partial charge on any atom is 0.335 e. The first-order chi connectivity index (χ1) is 8.08. The Balaban J connectivity index is 0.00000162. The van der Waals surface area contributed by atoms with E-state index in [1.807, 2.05) is 0 Å². The van der Waals surface area contributed by atoms with E-state index in [0.29, 0.717) is 21.3 Å². The van der Waals surface area contributed by atoms with Crippen LogP contribution in [0.15, 0.2) is 36.5 Å². The highest BCUT2D eigenvalue weighted by Crippen LogP contribution is 2.29. The van der Waals surface area contributed by atoms with E-state index < -0.39 is 5.97 Å². The molecule has 2 rings (SSSR count). The largest absolute Gasteiger partial charge is 0.478 e. The number of hydrogen-bond acceptors (Lipinski definition) is 2. The van der Waals surface area contributed by atoms with E-state index >= 15 is 0 Å². The van der Waals surface area contributed by atoms with Crippen LogP contribution in [0.1, 0.15) is 10.4 Å². The monoisotopic (exact) mass is 303 g/mol. The van der Waals surface area contributed by atoms with Crippen molar-refractivity contribution in [1.29, 1.82) is 0 Å². The maximum atomic E-state index is 10.8. The Kier molecular flexibility index (Phi) is 4.96. The summed E-state index contributed by atoms with van der Waals surface area (Å²) in [5.74, 6) is -1.00. The quantitative estimate of drug-likeness (QED) is 0.905. The van der Waals surface area contributed by atoms with Crippen molar-refractivity contribution in [3.8, 4) is 11.3 Å². The van der Waals surface area contributed by atoms with E-state index in [2.05, 4.69) is 4.98 Å². The number of carboxylic acids is 1. The Hall–Kier alpha value is -1.29. The molecule has 0 bridgehead atoms. The molecule has 18 heavy (non-hydrogen) atoms. The molecule has 94 valence electrons. The van der Waals surface area contributed by atoms with Crippen molar-refractivity contribution >= 4 is 41.6 Å². The molecule has 0 atom stereocenters. The van der Waals surface area contributed by atoms with Gasteiger partial charge < -0.3 is 5.11 Å². The zero-order chi connectivity index (χ0) is 12.4. The molecule has 0 fully saturated rings. The molecule has 1 aromatic carbocycles. The lowest BCUT2D eigenvalue weighted by atomic mass is 10.1. The molecule has 0 radical (unpaired) electrons. The Morgan fingerprint density at radius 2 is 1.89 bits per heavy atom. The highest BCUT2D eigenvalue weighted by Gasteiger charge is 2.09. The fourth-order valence-corrected chi connectivity index (χ4v) is 1.91. The van der Waals surface area contributed by atoms with Crippen molar-refractivity contribution in [2.24, 2.45) is 0 Å². The maximum absolute atomic E-state index is 10.8. The number of hydrogen-bond donors (Lipinski definition) is 1. The van der Waals surface area contributed by atoms with Crippen LogP contribution in [0.4, 0.5) is 0 Å². The van der Waals surface area contributed by atoms with Crippen molar-refractivity contribution in [3.63, 3.8) is 0 Å². The first-order valence-electron chi connectivity index (χ1n) is 4.72. The fourth-order valence-electron chi connectivity index (χ4n) is 1.41. The minimum Gasteiger partial charge on any atom is -0.478 e. The average molecular weight is 305 g/mol. The molecule has 3 nitrogen and oxygen atoms in total. The van der Waals surface area contributed by atoms with Gasteiger partial charge in [-0.05, 0) is 30.3 Å². The molecule has 1 aromatic heterocycles. The number of aromatic nitrogens is 1. The number of rotatable bonds is 2. The fraction of sp³-hybridized carbons (Fsp3) is 0. The highest BCUT2D eigenvalue weighted by atomic mass is 35.5. The van der Waals surface area contributed by atoms with Gasteiger partial charge in [0.15, 0.2) is 0 Å². The predicted octanol–water partition coefficient (Wildman–Crippen LogP) is 4.18.